The van der Waals surface area contributed by atoms with Gasteiger partial charge in [0.25, 0.3) is 5.91 Å². The quantitative estimate of drug-likeness (QED) is 0.813. The molecule has 0 radical (unpaired) electrons. The van der Waals surface area contributed by atoms with Crippen molar-refractivity contribution in [2.75, 3.05) is 27.3 Å². The Morgan fingerprint density at radius 3 is 2.42 bits per heavy atom. The Labute approximate surface area is 139 Å². The van der Waals surface area contributed by atoms with Crippen molar-refractivity contribution in [3.05, 3.63) is 36.0 Å². The molecule has 1 atom stereocenters. The molecular weight excluding hydrogens is 312 g/mol. The van der Waals surface area contributed by atoms with Crippen molar-refractivity contribution in [2.45, 2.75) is 12.5 Å². The molecule has 1 fully saturated rings. The average molecular weight is 330 g/mol. The highest BCUT2D eigenvalue weighted by molar-refractivity contribution is 5.94. The van der Waals surface area contributed by atoms with E-state index in [0.717, 1.165) is 6.42 Å². The van der Waals surface area contributed by atoms with Gasteiger partial charge in [0.15, 0.2) is 0 Å². The van der Waals surface area contributed by atoms with Crippen LogP contribution in [0, 0.1) is 0 Å². The van der Waals surface area contributed by atoms with E-state index in [1.807, 2.05) is 0 Å². The van der Waals surface area contributed by atoms with Crippen molar-refractivity contribution >= 4 is 5.91 Å². The Morgan fingerprint density at radius 2 is 1.79 bits per heavy atom. The number of likely N-dealkylation sites (tertiary alicyclic amines) is 1. The summed E-state index contributed by atoms with van der Waals surface area (Å²) in [6.07, 6.45) is 2.15. The second-order valence-corrected chi connectivity index (χ2v) is 5.28. The maximum atomic E-state index is 12.5. The molecule has 8 nitrogen and oxygen atoms in total. The molecule has 1 amide bonds. The van der Waals surface area contributed by atoms with Gasteiger partial charge in [-0.15, -0.1) is 10.2 Å². The zero-order valence-corrected chi connectivity index (χ0v) is 13.5. The Balaban J connectivity index is 1.58. The van der Waals surface area contributed by atoms with Crippen LogP contribution in [0.15, 0.2) is 30.5 Å². The van der Waals surface area contributed by atoms with E-state index in [9.17, 15) is 4.79 Å². The van der Waals surface area contributed by atoms with Crippen LogP contribution >= 0.6 is 0 Å². The van der Waals surface area contributed by atoms with E-state index in [1.54, 1.807) is 29.2 Å². The normalized spacial score (nSPS) is 16.8. The Bertz CT molecular complexity index is 690. The van der Waals surface area contributed by atoms with Gasteiger partial charge in [0, 0.05) is 37.4 Å². The fourth-order valence-electron chi connectivity index (χ4n) is 2.47. The predicted molar refractivity (Wildman–Crippen MR) is 84.3 cm³/mol. The van der Waals surface area contributed by atoms with E-state index in [0.29, 0.717) is 36.3 Å². The lowest BCUT2D eigenvalue weighted by Gasteiger charge is -2.16. The lowest BCUT2D eigenvalue weighted by atomic mass is 10.2. The summed E-state index contributed by atoms with van der Waals surface area (Å²) in [6, 6.07) is 6.76. The smallest absolute Gasteiger partial charge is 0.255 e. The van der Waals surface area contributed by atoms with E-state index in [-0.39, 0.29) is 12.0 Å². The Hall–Kier alpha value is -2.90. The summed E-state index contributed by atoms with van der Waals surface area (Å²) in [6.45, 7) is 1.12. The fraction of sp³-hybridized carbons (Fsp3) is 0.375. The first-order valence-corrected chi connectivity index (χ1v) is 7.53. The highest BCUT2D eigenvalue weighted by Crippen LogP contribution is 2.19. The van der Waals surface area contributed by atoms with Crippen molar-refractivity contribution in [1.29, 1.82) is 0 Å². The number of amides is 1. The lowest BCUT2D eigenvalue weighted by Crippen LogP contribution is -2.31. The first-order valence-electron chi connectivity index (χ1n) is 7.53. The number of hydrogen-bond donors (Lipinski definition) is 0. The minimum atomic E-state index is -0.108. The van der Waals surface area contributed by atoms with E-state index >= 15 is 0 Å². The van der Waals surface area contributed by atoms with Crippen LogP contribution in [0.1, 0.15) is 16.8 Å². The molecule has 2 aromatic heterocycles. The summed E-state index contributed by atoms with van der Waals surface area (Å²) in [4.78, 5) is 18.3. The molecule has 3 heterocycles. The van der Waals surface area contributed by atoms with Crippen LogP contribution in [-0.4, -0.2) is 59.4 Å². The molecular formula is C16H18N4O4. The molecule has 0 bridgehead atoms. The molecule has 3 rings (SSSR count). The van der Waals surface area contributed by atoms with Gasteiger partial charge < -0.3 is 19.1 Å². The third-order valence-corrected chi connectivity index (χ3v) is 3.74. The zero-order chi connectivity index (χ0) is 16.9. The van der Waals surface area contributed by atoms with E-state index < -0.39 is 0 Å². The maximum absolute atomic E-state index is 12.5. The number of pyridine rings is 1. The zero-order valence-electron chi connectivity index (χ0n) is 13.5. The van der Waals surface area contributed by atoms with Gasteiger partial charge in [-0.05, 0) is 6.07 Å². The van der Waals surface area contributed by atoms with Crippen LogP contribution in [0.2, 0.25) is 0 Å². The summed E-state index contributed by atoms with van der Waals surface area (Å²) >= 11 is 0. The van der Waals surface area contributed by atoms with Crippen LogP contribution in [0.3, 0.4) is 0 Å². The van der Waals surface area contributed by atoms with Crippen molar-refractivity contribution in [2.24, 2.45) is 0 Å². The molecule has 8 heteroatoms. The van der Waals surface area contributed by atoms with Gasteiger partial charge >= 0.3 is 0 Å². The van der Waals surface area contributed by atoms with Gasteiger partial charge in [0.2, 0.25) is 17.6 Å². The van der Waals surface area contributed by atoms with Crippen LogP contribution < -0.4 is 14.2 Å². The predicted octanol–water partition coefficient (Wildman–Crippen LogP) is 1.18. The lowest BCUT2D eigenvalue weighted by molar-refractivity contribution is 0.0770. The molecule has 0 N–H and O–H groups in total. The average Bonchev–Trinajstić information content (AvgIpc) is 3.10. The Kier molecular flexibility index (Phi) is 4.74. The number of hydrogen-bond acceptors (Lipinski definition) is 7. The summed E-state index contributed by atoms with van der Waals surface area (Å²) in [5.74, 6) is 1.25. The number of aromatic nitrogens is 3. The Morgan fingerprint density at radius 1 is 1.08 bits per heavy atom. The number of nitrogens with zero attached hydrogens (tertiary/aromatic N) is 4. The largest absolute Gasteiger partial charge is 0.481 e. The second-order valence-electron chi connectivity index (χ2n) is 5.28. The molecule has 1 unspecified atom stereocenters. The van der Waals surface area contributed by atoms with Crippen LogP contribution in [0.5, 0.6) is 17.6 Å². The summed E-state index contributed by atoms with van der Waals surface area (Å²) in [5, 5.41) is 7.79. The van der Waals surface area contributed by atoms with E-state index in [1.165, 1.54) is 20.4 Å². The third-order valence-electron chi connectivity index (χ3n) is 3.74. The van der Waals surface area contributed by atoms with Gasteiger partial charge in [-0.3, -0.25) is 4.79 Å². The second kappa shape index (κ2) is 7.12. The standard InChI is InChI=1S/C16H18N4O4/c1-22-13-4-3-11(9-17-13)16(21)20-8-7-12(10-20)24-15-6-5-14(23-2)18-19-15/h3-6,9,12H,7-8,10H2,1-2H3. The maximum Gasteiger partial charge on any atom is 0.255 e. The highest BCUT2D eigenvalue weighted by Gasteiger charge is 2.28. The van der Waals surface area contributed by atoms with Gasteiger partial charge in [-0.1, -0.05) is 0 Å². The SMILES string of the molecule is COc1ccc(C(=O)N2CCC(Oc3ccc(OC)nn3)C2)cn1. The van der Waals surface area contributed by atoms with Crippen LogP contribution in [-0.2, 0) is 0 Å². The van der Waals surface area contributed by atoms with Crippen molar-refractivity contribution < 1.29 is 19.0 Å². The van der Waals surface area contributed by atoms with Crippen LogP contribution in [0.4, 0.5) is 0 Å². The molecule has 126 valence electrons. The van der Waals surface area contributed by atoms with Crippen molar-refractivity contribution in [1.82, 2.24) is 20.1 Å². The van der Waals surface area contributed by atoms with E-state index in [4.69, 9.17) is 14.2 Å². The summed E-state index contributed by atoms with van der Waals surface area (Å²) in [5.41, 5.74) is 0.528. The van der Waals surface area contributed by atoms with Gasteiger partial charge in [0.1, 0.15) is 6.10 Å². The highest BCUT2D eigenvalue weighted by atomic mass is 16.5. The minimum Gasteiger partial charge on any atom is -0.481 e. The number of methoxy groups -OCH3 is 2. The number of carbonyl (C=O) groups excluding carboxylic acids is 1. The minimum absolute atomic E-state index is 0.0722. The topological polar surface area (TPSA) is 86.7 Å². The summed E-state index contributed by atoms with van der Waals surface area (Å²) < 4.78 is 15.7. The molecule has 0 spiro atoms. The van der Waals surface area contributed by atoms with E-state index in [2.05, 4.69) is 15.2 Å². The van der Waals surface area contributed by atoms with Crippen molar-refractivity contribution in [3.8, 4) is 17.6 Å². The first-order chi connectivity index (χ1) is 11.7. The number of rotatable bonds is 5. The number of carbonyl (C=O) groups is 1. The monoisotopic (exact) mass is 330 g/mol. The molecule has 0 aromatic carbocycles. The molecule has 0 aliphatic carbocycles. The van der Waals surface area contributed by atoms with Gasteiger partial charge in [-0.2, -0.15) is 0 Å². The summed E-state index contributed by atoms with van der Waals surface area (Å²) in [7, 11) is 3.06. The molecule has 2 aromatic rings. The molecule has 1 aliphatic rings. The van der Waals surface area contributed by atoms with Crippen molar-refractivity contribution in [3.63, 3.8) is 0 Å². The first kappa shape index (κ1) is 16.0. The number of ether oxygens (including phenoxy) is 3. The molecule has 24 heavy (non-hydrogen) atoms. The fourth-order valence-corrected chi connectivity index (χ4v) is 2.47. The molecule has 1 aliphatic heterocycles. The van der Waals surface area contributed by atoms with Crippen LogP contribution in [0.25, 0.3) is 0 Å². The van der Waals surface area contributed by atoms with Gasteiger partial charge in [0.05, 0.1) is 26.3 Å². The third kappa shape index (κ3) is 3.53. The van der Waals surface area contributed by atoms with Gasteiger partial charge in [-0.25, -0.2) is 4.98 Å². The molecule has 1 saturated heterocycles. The molecule has 0 saturated carbocycles.